The zero-order valence-corrected chi connectivity index (χ0v) is 17.4. The third-order valence-corrected chi connectivity index (χ3v) is 5.40. The number of halogens is 2. The molecule has 0 saturated carbocycles. The molecule has 2 nitrogen and oxygen atoms in total. The highest BCUT2D eigenvalue weighted by atomic mass is 35.5. The minimum atomic E-state index is 0.451. The monoisotopic (exact) mass is 419 g/mol. The third-order valence-electron chi connectivity index (χ3n) is 4.74. The Bertz CT molecular complexity index is 1180. The summed E-state index contributed by atoms with van der Waals surface area (Å²) in [5.41, 5.74) is 3.82. The molecule has 0 heterocycles. The molecule has 0 saturated heterocycles. The van der Waals surface area contributed by atoms with Crippen LogP contribution >= 0.6 is 23.2 Å². The first-order valence-corrected chi connectivity index (χ1v) is 10.0. The zero-order valence-electron chi connectivity index (χ0n) is 15.9. The van der Waals surface area contributed by atoms with Gasteiger partial charge in [0.1, 0.15) is 12.4 Å². The molecule has 0 amide bonds. The van der Waals surface area contributed by atoms with Gasteiger partial charge in [-0.05, 0) is 59.2 Å². The van der Waals surface area contributed by atoms with E-state index in [1.54, 1.807) is 0 Å². The first-order chi connectivity index (χ1) is 14.1. The van der Waals surface area contributed by atoms with Gasteiger partial charge in [-0.25, -0.2) is 0 Å². The van der Waals surface area contributed by atoms with Crippen molar-refractivity contribution in [1.82, 2.24) is 0 Å². The molecule has 0 aromatic heterocycles. The lowest BCUT2D eigenvalue weighted by molar-refractivity contribution is 0.306. The third kappa shape index (κ3) is 4.61. The fourth-order valence-corrected chi connectivity index (χ4v) is 3.38. The first kappa shape index (κ1) is 19.5. The molecule has 4 aromatic rings. The number of hydrogen-bond acceptors (Lipinski definition) is 2. The van der Waals surface area contributed by atoms with Crippen LogP contribution in [0.3, 0.4) is 0 Å². The van der Waals surface area contributed by atoms with Crippen LogP contribution < -0.4 is 4.74 Å². The van der Waals surface area contributed by atoms with E-state index < -0.39 is 0 Å². The van der Waals surface area contributed by atoms with Gasteiger partial charge in [0.05, 0.1) is 5.69 Å². The number of rotatable bonds is 5. The highest BCUT2D eigenvalue weighted by Crippen LogP contribution is 2.29. The zero-order chi connectivity index (χ0) is 20.2. The lowest BCUT2D eigenvalue weighted by Gasteiger charge is -2.12. The summed E-state index contributed by atoms with van der Waals surface area (Å²) in [6.45, 7) is 2.43. The molecule has 0 aliphatic carbocycles. The molecule has 0 unspecified atom stereocenters. The number of hydrogen-bond donors (Lipinski definition) is 0. The number of nitrogens with zero attached hydrogens (tertiary/aromatic N) is 1. The summed E-state index contributed by atoms with van der Waals surface area (Å²) in [4.78, 5) is 4.65. The predicted octanol–water partition coefficient (Wildman–Crippen LogP) is 7.78. The maximum Gasteiger partial charge on any atom is 0.129 e. The fraction of sp³-hybridized carbons (Fsp3) is 0.0800. The van der Waals surface area contributed by atoms with Crippen molar-refractivity contribution in [2.45, 2.75) is 13.5 Å². The molecule has 4 heteroatoms. The number of aliphatic imine (C=N–C) groups is 1. The molecule has 29 heavy (non-hydrogen) atoms. The van der Waals surface area contributed by atoms with Crippen molar-refractivity contribution >= 4 is 45.9 Å². The van der Waals surface area contributed by atoms with E-state index in [0.29, 0.717) is 16.7 Å². The van der Waals surface area contributed by atoms with Gasteiger partial charge >= 0.3 is 0 Å². The highest BCUT2D eigenvalue weighted by Gasteiger charge is 2.08. The molecule has 0 spiro atoms. The van der Waals surface area contributed by atoms with Crippen LogP contribution in [0.25, 0.3) is 10.8 Å². The average Bonchev–Trinajstić information content (AvgIpc) is 2.74. The number of benzene rings is 4. The second-order valence-electron chi connectivity index (χ2n) is 6.81. The predicted molar refractivity (Wildman–Crippen MR) is 123 cm³/mol. The molecule has 4 aromatic carbocycles. The van der Waals surface area contributed by atoms with Crippen LogP contribution in [-0.4, -0.2) is 6.21 Å². The van der Waals surface area contributed by atoms with Crippen LogP contribution in [0.4, 0.5) is 5.69 Å². The smallest absolute Gasteiger partial charge is 0.129 e. The van der Waals surface area contributed by atoms with Gasteiger partial charge < -0.3 is 4.74 Å². The van der Waals surface area contributed by atoms with Crippen LogP contribution in [0.2, 0.25) is 10.0 Å². The molecule has 0 bridgehead atoms. The van der Waals surface area contributed by atoms with Crippen molar-refractivity contribution in [3.05, 3.63) is 106 Å². The second-order valence-corrected chi connectivity index (χ2v) is 7.65. The van der Waals surface area contributed by atoms with E-state index >= 15 is 0 Å². The van der Waals surface area contributed by atoms with Crippen LogP contribution in [0.15, 0.2) is 83.9 Å². The number of fused-ring (bicyclic) bond motifs is 1. The molecule has 0 radical (unpaired) electrons. The van der Waals surface area contributed by atoms with Crippen molar-refractivity contribution < 1.29 is 4.74 Å². The molecule has 4 rings (SSSR count). The molecule has 144 valence electrons. The van der Waals surface area contributed by atoms with Crippen molar-refractivity contribution in [3.8, 4) is 5.75 Å². The van der Waals surface area contributed by atoms with Crippen molar-refractivity contribution in [3.63, 3.8) is 0 Å². The largest absolute Gasteiger partial charge is 0.488 e. The van der Waals surface area contributed by atoms with Gasteiger partial charge in [-0.1, -0.05) is 71.7 Å². The summed E-state index contributed by atoms with van der Waals surface area (Å²) in [7, 11) is 0. The molecular formula is C25H19Cl2NO. The Hall–Kier alpha value is -2.81. The normalized spacial score (nSPS) is 11.3. The van der Waals surface area contributed by atoms with E-state index in [-0.39, 0.29) is 0 Å². The second kappa shape index (κ2) is 8.69. The maximum absolute atomic E-state index is 6.24. The van der Waals surface area contributed by atoms with E-state index in [2.05, 4.69) is 23.2 Å². The number of aryl methyl sites for hydroxylation is 1. The van der Waals surface area contributed by atoms with Crippen molar-refractivity contribution in [1.29, 1.82) is 0 Å². The Labute approximate surface area is 180 Å². The molecule has 0 aliphatic rings. The van der Waals surface area contributed by atoms with E-state index in [1.807, 2.05) is 73.8 Å². The minimum Gasteiger partial charge on any atom is -0.488 e. The topological polar surface area (TPSA) is 21.6 Å². The van der Waals surface area contributed by atoms with Crippen molar-refractivity contribution in [2.24, 2.45) is 4.99 Å². The van der Waals surface area contributed by atoms with Crippen LogP contribution in [0, 0.1) is 6.92 Å². The Morgan fingerprint density at radius 1 is 0.897 bits per heavy atom. The van der Waals surface area contributed by atoms with Gasteiger partial charge in [-0.15, -0.1) is 0 Å². The summed E-state index contributed by atoms with van der Waals surface area (Å²) in [5, 5.41) is 3.64. The maximum atomic E-state index is 6.24. The SMILES string of the molecule is Cc1ccc(N=Cc2c(OCc3ccc(Cl)cc3)ccc3ccccc23)cc1Cl. The van der Waals surface area contributed by atoms with Gasteiger partial charge in [0.15, 0.2) is 0 Å². The Kier molecular flexibility index (Phi) is 5.84. The van der Waals surface area contributed by atoms with Gasteiger partial charge in [-0.3, -0.25) is 4.99 Å². The molecular weight excluding hydrogens is 401 g/mol. The lowest BCUT2D eigenvalue weighted by Crippen LogP contribution is -1.99. The highest BCUT2D eigenvalue weighted by molar-refractivity contribution is 6.31. The van der Waals surface area contributed by atoms with Crippen molar-refractivity contribution in [2.75, 3.05) is 0 Å². The standard InChI is InChI=1S/C25H19Cl2NO/c1-17-6-12-21(14-24(17)27)28-15-23-22-5-3-2-4-19(22)9-13-25(23)29-16-18-7-10-20(26)11-8-18/h2-15H,16H2,1H3. The minimum absolute atomic E-state index is 0.451. The van der Waals surface area contributed by atoms with Crippen LogP contribution in [0.1, 0.15) is 16.7 Å². The van der Waals surface area contributed by atoms with E-state index in [1.165, 1.54) is 0 Å². The molecule has 0 fully saturated rings. The molecule has 0 aliphatic heterocycles. The summed E-state index contributed by atoms with van der Waals surface area (Å²) in [6, 6.07) is 25.7. The number of ether oxygens (including phenoxy) is 1. The molecule has 0 atom stereocenters. The molecule has 0 N–H and O–H groups in total. The Morgan fingerprint density at radius 3 is 2.48 bits per heavy atom. The van der Waals surface area contributed by atoms with Gasteiger partial charge in [0.25, 0.3) is 0 Å². The Morgan fingerprint density at radius 2 is 1.69 bits per heavy atom. The summed E-state index contributed by atoms with van der Waals surface area (Å²) in [5.74, 6) is 0.778. The average molecular weight is 420 g/mol. The van der Waals surface area contributed by atoms with Gasteiger partial charge in [-0.2, -0.15) is 0 Å². The summed E-state index contributed by atoms with van der Waals surface area (Å²) in [6.07, 6.45) is 1.85. The van der Waals surface area contributed by atoms with Crippen LogP contribution in [0.5, 0.6) is 5.75 Å². The van der Waals surface area contributed by atoms with E-state index in [0.717, 1.165) is 38.9 Å². The van der Waals surface area contributed by atoms with Crippen LogP contribution in [-0.2, 0) is 6.61 Å². The summed E-state index contributed by atoms with van der Waals surface area (Å²) >= 11 is 12.2. The fourth-order valence-electron chi connectivity index (χ4n) is 3.08. The van der Waals surface area contributed by atoms with E-state index in [4.69, 9.17) is 27.9 Å². The lowest BCUT2D eigenvalue weighted by atomic mass is 10.0. The summed E-state index contributed by atoms with van der Waals surface area (Å²) < 4.78 is 6.14. The quantitative estimate of drug-likeness (QED) is 0.302. The van der Waals surface area contributed by atoms with Gasteiger partial charge in [0, 0.05) is 21.8 Å². The Balaban J connectivity index is 1.69. The first-order valence-electron chi connectivity index (χ1n) is 9.29. The van der Waals surface area contributed by atoms with E-state index in [9.17, 15) is 0 Å². The van der Waals surface area contributed by atoms with Gasteiger partial charge in [0.2, 0.25) is 0 Å².